The molecule has 1 aromatic heterocycles. The molecule has 3 rings (SSSR count). The summed E-state index contributed by atoms with van der Waals surface area (Å²) in [4.78, 5) is 18.7. The molecule has 1 N–H and O–H groups in total. The first kappa shape index (κ1) is 17.0. The lowest BCUT2D eigenvalue weighted by atomic mass is 9.98. The van der Waals surface area contributed by atoms with Gasteiger partial charge in [-0.05, 0) is 51.7 Å². The van der Waals surface area contributed by atoms with Crippen molar-refractivity contribution in [2.24, 2.45) is 5.92 Å². The van der Waals surface area contributed by atoms with Gasteiger partial charge in [0.25, 0.3) is 0 Å². The third-order valence-corrected chi connectivity index (χ3v) is 5.00. The molecule has 0 unspecified atom stereocenters. The van der Waals surface area contributed by atoms with Crippen molar-refractivity contribution in [3.63, 3.8) is 0 Å². The second kappa shape index (κ2) is 6.97. The zero-order valence-electron chi connectivity index (χ0n) is 14.5. The van der Waals surface area contributed by atoms with E-state index in [-0.39, 0.29) is 6.09 Å². The van der Waals surface area contributed by atoms with E-state index in [1.807, 2.05) is 43.9 Å². The number of carbonyl (C=O) groups excluding carboxylic acids is 1. The maximum absolute atomic E-state index is 12.2. The summed E-state index contributed by atoms with van der Waals surface area (Å²) >= 11 is 1.67. The maximum atomic E-state index is 12.2. The summed E-state index contributed by atoms with van der Waals surface area (Å²) in [5.41, 5.74) is 0.590. The number of nitrogens with zero attached hydrogens (tertiary/aromatic N) is 2. The summed E-state index contributed by atoms with van der Waals surface area (Å²) in [6.07, 6.45) is 1.94. The lowest BCUT2D eigenvalue weighted by Gasteiger charge is -2.34. The number of ether oxygens (including phenoxy) is 1. The topological polar surface area (TPSA) is 54.5 Å². The Morgan fingerprint density at radius 1 is 1.42 bits per heavy atom. The Morgan fingerprint density at radius 3 is 2.96 bits per heavy atom. The van der Waals surface area contributed by atoms with E-state index in [4.69, 9.17) is 4.74 Å². The van der Waals surface area contributed by atoms with Gasteiger partial charge in [-0.1, -0.05) is 23.5 Å². The van der Waals surface area contributed by atoms with E-state index in [9.17, 15) is 4.79 Å². The molecular weight excluding hydrogens is 322 g/mol. The van der Waals surface area contributed by atoms with Crippen LogP contribution in [-0.2, 0) is 4.74 Å². The molecule has 0 bridgehead atoms. The number of aromatic nitrogens is 1. The van der Waals surface area contributed by atoms with E-state index in [1.165, 1.54) is 4.70 Å². The fourth-order valence-corrected chi connectivity index (χ4v) is 3.78. The van der Waals surface area contributed by atoms with Gasteiger partial charge in [-0.25, -0.2) is 9.78 Å². The van der Waals surface area contributed by atoms with E-state index in [2.05, 4.69) is 16.4 Å². The molecule has 5 nitrogen and oxygen atoms in total. The highest BCUT2D eigenvalue weighted by Crippen LogP contribution is 2.26. The van der Waals surface area contributed by atoms with Gasteiger partial charge in [0, 0.05) is 19.6 Å². The van der Waals surface area contributed by atoms with Crippen molar-refractivity contribution >= 4 is 32.8 Å². The molecule has 1 aliphatic rings. The number of anilines is 1. The summed E-state index contributed by atoms with van der Waals surface area (Å²) in [6.45, 7) is 8.07. The first-order valence-corrected chi connectivity index (χ1v) is 9.30. The zero-order valence-corrected chi connectivity index (χ0v) is 15.4. The maximum Gasteiger partial charge on any atom is 0.410 e. The number of nitrogens with one attached hydrogen (secondary N) is 1. The minimum Gasteiger partial charge on any atom is -0.444 e. The molecule has 1 amide bonds. The number of hydrogen-bond acceptors (Lipinski definition) is 5. The molecule has 2 aromatic rings. The second-order valence-electron chi connectivity index (χ2n) is 7.30. The fourth-order valence-electron chi connectivity index (χ4n) is 2.90. The number of thiazole rings is 1. The summed E-state index contributed by atoms with van der Waals surface area (Å²) in [7, 11) is 0. The molecule has 1 atom stereocenters. The predicted molar refractivity (Wildman–Crippen MR) is 98.6 cm³/mol. The number of carbonyl (C=O) groups is 1. The van der Waals surface area contributed by atoms with Gasteiger partial charge in [0.2, 0.25) is 0 Å². The van der Waals surface area contributed by atoms with Crippen molar-refractivity contribution in [3.05, 3.63) is 24.3 Å². The first-order chi connectivity index (χ1) is 11.4. The van der Waals surface area contributed by atoms with Crippen LogP contribution in [0, 0.1) is 5.92 Å². The molecule has 1 fully saturated rings. The minimum absolute atomic E-state index is 0.202. The third-order valence-electron chi connectivity index (χ3n) is 4.01. The molecule has 24 heavy (non-hydrogen) atoms. The van der Waals surface area contributed by atoms with E-state index >= 15 is 0 Å². The van der Waals surface area contributed by atoms with Crippen LogP contribution < -0.4 is 5.32 Å². The van der Waals surface area contributed by atoms with Crippen molar-refractivity contribution in [2.75, 3.05) is 25.0 Å². The summed E-state index contributed by atoms with van der Waals surface area (Å²) in [5, 5.41) is 4.39. The van der Waals surface area contributed by atoms with Gasteiger partial charge in [0.15, 0.2) is 5.13 Å². The Balaban J connectivity index is 1.54. The van der Waals surface area contributed by atoms with Crippen LogP contribution in [0.4, 0.5) is 9.93 Å². The van der Waals surface area contributed by atoms with E-state index < -0.39 is 5.60 Å². The third kappa shape index (κ3) is 4.38. The van der Waals surface area contributed by atoms with Crippen molar-refractivity contribution in [1.82, 2.24) is 9.88 Å². The van der Waals surface area contributed by atoms with Crippen LogP contribution in [0.1, 0.15) is 33.6 Å². The van der Waals surface area contributed by atoms with Gasteiger partial charge in [0.05, 0.1) is 10.2 Å². The Labute approximate surface area is 147 Å². The minimum atomic E-state index is -0.441. The van der Waals surface area contributed by atoms with Crippen molar-refractivity contribution in [1.29, 1.82) is 0 Å². The van der Waals surface area contributed by atoms with Crippen LogP contribution in [-0.4, -0.2) is 41.2 Å². The van der Waals surface area contributed by atoms with E-state index in [0.717, 1.165) is 43.1 Å². The Morgan fingerprint density at radius 2 is 2.21 bits per heavy atom. The van der Waals surface area contributed by atoms with Gasteiger partial charge >= 0.3 is 6.09 Å². The predicted octanol–water partition coefficient (Wildman–Crippen LogP) is 4.36. The van der Waals surface area contributed by atoms with Crippen molar-refractivity contribution in [3.8, 4) is 0 Å². The fraction of sp³-hybridized carbons (Fsp3) is 0.556. The highest BCUT2D eigenvalue weighted by molar-refractivity contribution is 7.22. The Bertz CT molecular complexity index is 675. The van der Waals surface area contributed by atoms with E-state index in [1.54, 1.807) is 11.3 Å². The largest absolute Gasteiger partial charge is 0.444 e. The number of piperidine rings is 1. The van der Waals surface area contributed by atoms with Crippen molar-refractivity contribution < 1.29 is 9.53 Å². The van der Waals surface area contributed by atoms with Crippen molar-refractivity contribution in [2.45, 2.75) is 39.2 Å². The number of hydrogen-bond donors (Lipinski definition) is 1. The molecule has 0 aliphatic carbocycles. The zero-order chi connectivity index (χ0) is 17.2. The molecule has 0 spiro atoms. The average molecular weight is 347 g/mol. The first-order valence-electron chi connectivity index (χ1n) is 8.48. The number of benzene rings is 1. The molecular formula is C18H25N3O2S. The number of rotatable bonds is 3. The summed E-state index contributed by atoms with van der Waals surface area (Å²) in [6, 6.07) is 8.15. The summed E-state index contributed by atoms with van der Waals surface area (Å²) < 4.78 is 6.68. The highest BCUT2D eigenvalue weighted by Gasteiger charge is 2.27. The molecule has 1 aromatic carbocycles. The SMILES string of the molecule is CC(C)(C)OC(=O)N1CCC[C@@H](CNc2nc3ccccc3s2)C1. The van der Waals surface area contributed by atoms with Crippen LogP contribution in [0.25, 0.3) is 10.2 Å². The molecule has 0 saturated carbocycles. The van der Waals surface area contributed by atoms with Gasteiger partial charge < -0.3 is 15.0 Å². The van der Waals surface area contributed by atoms with Gasteiger partial charge in [-0.3, -0.25) is 0 Å². The Hall–Kier alpha value is -1.82. The number of likely N-dealkylation sites (tertiary alicyclic amines) is 1. The lowest BCUT2D eigenvalue weighted by Crippen LogP contribution is -2.44. The van der Waals surface area contributed by atoms with Crippen LogP contribution in [0.2, 0.25) is 0 Å². The highest BCUT2D eigenvalue weighted by atomic mass is 32.1. The molecule has 1 aliphatic heterocycles. The van der Waals surface area contributed by atoms with Crippen LogP contribution in [0.5, 0.6) is 0 Å². The van der Waals surface area contributed by atoms with E-state index in [0.29, 0.717) is 5.92 Å². The summed E-state index contributed by atoms with van der Waals surface area (Å²) in [5.74, 6) is 0.429. The van der Waals surface area contributed by atoms with Crippen LogP contribution in [0.15, 0.2) is 24.3 Å². The Kier molecular flexibility index (Phi) is 4.94. The van der Waals surface area contributed by atoms with Crippen LogP contribution in [0.3, 0.4) is 0 Å². The van der Waals surface area contributed by atoms with Crippen LogP contribution >= 0.6 is 11.3 Å². The average Bonchev–Trinajstić information content (AvgIpc) is 2.94. The molecule has 0 radical (unpaired) electrons. The molecule has 2 heterocycles. The van der Waals surface area contributed by atoms with Gasteiger partial charge in [-0.2, -0.15) is 0 Å². The standard InChI is InChI=1S/C18H25N3O2S/c1-18(2,3)23-17(22)21-10-6-7-13(12-21)11-19-16-20-14-8-4-5-9-15(14)24-16/h4-5,8-9,13H,6-7,10-12H2,1-3H3,(H,19,20)/t13-/m0/s1. The normalized spacial score (nSPS) is 18.6. The molecule has 1 saturated heterocycles. The van der Waals surface area contributed by atoms with Gasteiger partial charge in [-0.15, -0.1) is 0 Å². The second-order valence-corrected chi connectivity index (χ2v) is 8.33. The number of fused-ring (bicyclic) bond motifs is 1. The number of amides is 1. The monoisotopic (exact) mass is 347 g/mol. The quantitative estimate of drug-likeness (QED) is 0.896. The molecule has 6 heteroatoms. The van der Waals surface area contributed by atoms with Gasteiger partial charge in [0.1, 0.15) is 5.60 Å². The lowest BCUT2D eigenvalue weighted by molar-refractivity contribution is 0.0172. The number of para-hydroxylation sites is 1. The molecule has 130 valence electrons. The smallest absolute Gasteiger partial charge is 0.410 e.